The summed E-state index contributed by atoms with van der Waals surface area (Å²) in [5, 5.41) is 1.89. The molecule has 3 aromatic rings. The molecule has 0 spiro atoms. The first kappa shape index (κ1) is 18.8. The normalized spacial score (nSPS) is 12.1. The van der Waals surface area contributed by atoms with Crippen molar-refractivity contribution in [1.29, 1.82) is 0 Å². The highest BCUT2D eigenvalue weighted by atomic mass is 35.5. The van der Waals surface area contributed by atoms with Crippen LogP contribution in [0.25, 0.3) is 10.2 Å². The zero-order chi connectivity index (χ0) is 18.0. The van der Waals surface area contributed by atoms with Gasteiger partial charge in [0.25, 0.3) is 0 Å². The number of aryl methyl sites for hydroxylation is 1. The largest absolute Gasteiger partial charge is 0.318 e. The van der Waals surface area contributed by atoms with Crippen LogP contribution in [-0.4, -0.2) is 16.2 Å². The van der Waals surface area contributed by atoms with E-state index in [1.165, 1.54) is 11.3 Å². The topological polar surface area (TPSA) is 34.4 Å². The molecule has 1 amide bonds. The molecule has 1 aromatic heterocycles. The van der Waals surface area contributed by atoms with Crippen LogP contribution >= 0.6 is 57.9 Å². The van der Waals surface area contributed by atoms with Gasteiger partial charge in [-0.1, -0.05) is 46.1 Å². The Kier molecular flexibility index (Phi) is 6.12. The van der Waals surface area contributed by atoms with Gasteiger partial charge in [-0.15, -0.1) is 11.8 Å². The summed E-state index contributed by atoms with van der Waals surface area (Å²) >= 11 is 21.3. The average molecular weight is 432 g/mol. The molecule has 3 rings (SSSR count). The van der Waals surface area contributed by atoms with Crippen molar-refractivity contribution in [2.75, 3.05) is 5.75 Å². The summed E-state index contributed by atoms with van der Waals surface area (Å²) in [6, 6.07) is 11.0. The lowest BCUT2D eigenvalue weighted by molar-refractivity contribution is -0.117. The lowest BCUT2D eigenvalue weighted by Crippen LogP contribution is -2.13. The van der Waals surface area contributed by atoms with E-state index in [1.807, 2.05) is 31.3 Å². The molecule has 1 heterocycles. The Labute approximate surface area is 168 Å². The third-order valence-electron chi connectivity index (χ3n) is 3.47. The van der Waals surface area contributed by atoms with Gasteiger partial charge in [0, 0.05) is 29.1 Å². The monoisotopic (exact) mass is 430 g/mol. The van der Waals surface area contributed by atoms with Gasteiger partial charge in [0.15, 0.2) is 4.80 Å². The highest BCUT2D eigenvalue weighted by Crippen LogP contribution is 2.31. The zero-order valence-electron chi connectivity index (χ0n) is 13.1. The standard InChI is InChI=1S/C17H13Cl3N2OS2/c1-22-15-12(19)6-7-13(20)16(15)25-17(22)21-14(23)8-9-24-11-4-2-10(18)3-5-11/h2-7H,8-9H2,1H3. The lowest BCUT2D eigenvalue weighted by Gasteiger charge is -2.00. The van der Waals surface area contributed by atoms with E-state index in [9.17, 15) is 4.79 Å². The number of aromatic nitrogens is 1. The molecular formula is C17H13Cl3N2OS2. The van der Waals surface area contributed by atoms with Crippen LogP contribution in [-0.2, 0) is 11.8 Å². The second-order valence-corrected chi connectivity index (χ2v) is 8.61. The number of thioether (sulfide) groups is 1. The van der Waals surface area contributed by atoms with Crippen molar-refractivity contribution >= 4 is 74.0 Å². The molecule has 25 heavy (non-hydrogen) atoms. The van der Waals surface area contributed by atoms with E-state index in [-0.39, 0.29) is 5.91 Å². The number of benzene rings is 2. The van der Waals surface area contributed by atoms with Crippen molar-refractivity contribution in [2.24, 2.45) is 12.0 Å². The van der Waals surface area contributed by atoms with Crippen molar-refractivity contribution in [3.05, 3.63) is 56.3 Å². The van der Waals surface area contributed by atoms with Crippen molar-refractivity contribution in [3.63, 3.8) is 0 Å². The molecule has 0 unspecified atom stereocenters. The van der Waals surface area contributed by atoms with Gasteiger partial charge in [-0.05, 0) is 36.4 Å². The minimum atomic E-state index is -0.170. The third kappa shape index (κ3) is 4.41. The zero-order valence-corrected chi connectivity index (χ0v) is 17.0. The van der Waals surface area contributed by atoms with Crippen LogP contribution in [0.5, 0.6) is 0 Å². The summed E-state index contributed by atoms with van der Waals surface area (Å²) in [4.78, 5) is 18.1. The fourth-order valence-electron chi connectivity index (χ4n) is 2.23. The van der Waals surface area contributed by atoms with Gasteiger partial charge >= 0.3 is 0 Å². The lowest BCUT2D eigenvalue weighted by atomic mass is 10.3. The number of carbonyl (C=O) groups excluding carboxylic acids is 1. The molecule has 0 aliphatic carbocycles. The maximum absolute atomic E-state index is 12.2. The molecular weight excluding hydrogens is 419 g/mol. The second kappa shape index (κ2) is 8.14. The molecule has 130 valence electrons. The van der Waals surface area contributed by atoms with Crippen LogP contribution in [0.2, 0.25) is 15.1 Å². The van der Waals surface area contributed by atoms with Crippen LogP contribution in [0.15, 0.2) is 46.3 Å². The fraction of sp³-hybridized carbons (Fsp3) is 0.176. The molecule has 0 N–H and O–H groups in total. The molecule has 2 aromatic carbocycles. The number of thiazole rings is 1. The Balaban J connectivity index is 1.74. The van der Waals surface area contributed by atoms with Gasteiger partial charge in [-0.3, -0.25) is 4.79 Å². The Hall–Kier alpha value is -0.980. The van der Waals surface area contributed by atoms with E-state index in [4.69, 9.17) is 34.8 Å². The number of nitrogens with zero attached hydrogens (tertiary/aromatic N) is 2. The number of halogens is 3. The SMILES string of the molecule is Cn1c(=NC(=O)CCSc2ccc(Cl)cc2)sc2c(Cl)ccc(Cl)c21. The number of hydrogen-bond donors (Lipinski definition) is 0. The maximum Gasteiger partial charge on any atom is 0.249 e. The number of amides is 1. The minimum absolute atomic E-state index is 0.170. The van der Waals surface area contributed by atoms with Crippen LogP contribution in [0.4, 0.5) is 0 Å². The van der Waals surface area contributed by atoms with Gasteiger partial charge in [-0.25, -0.2) is 0 Å². The summed E-state index contributed by atoms with van der Waals surface area (Å²) in [6.45, 7) is 0. The fourth-order valence-corrected chi connectivity index (χ4v) is 4.88. The molecule has 0 atom stereocenters. The minimum Gasteiger partial charge on any atom is -0.318 e. The number of hydrogen-bond acceptors (Lipinski definition) is 3. The predicted molar refractivity (Wildman–Crippen MR) is 108 cm³/mol. The second-order valence-electron chi connectivity index (χ2n) is 5.21. The van der Waals surface area contributed by atoms with Gasteiger partial charge in [0.2, 0.25) is 5.91 Å². The summed E-state index contributed by atoms with van der Waals surface area (Å²) in [5.41, 5.74) is 0.793. The molecule has 0 bridgehead atoms. The van der Waals surface area contributed by atoms with E-state index in [1.54, 1.807) is 28.5 Å². The Morgan fingerprint density at radius 1 is 1.12 bits per heavy atom. The first-order valence-corrected chi connectivity index (χ1v) is 10.3. The van der Waals surface area contributed by atoms with Crippen LogP contribution in [0.1, 0.15) is 6.42 Å². The molecule has 0 aliphatic heterocycles. The quantitative estimate of drug-likeness (QED) is 0.488. The molecule has 8 heteroatoms. The summed E-state index contributed by atoms with van der Waals surface area (Å²) in [5.74, 6) is 0.482. The number of rotatable bonds is 4. The van der Waals surface area contributed by atoms with E-state index in [0.717, 1.165) is 15.1 Å². The summed E-state index contributed by atoms with van der Waals surface area (Å²) in [6.07, 6.45) is 0.350. The number of carbonyl (C=O) groups is 1. The first-order chi connectivity index (χ1) is 12.0. The van der Waals surface area contributed by atoms with Gasteiger partial charge in [0.1, 0.15) is 0 Å². The van der Waals surface area contributed by atoms with Gasteiger partial charge in [-0.2, -0.15) is 4.99 Å². The van der Waals surface area contributed by atoms with Crippen LogP contribution in [0, 0.1) is 0 Å². The third-order valence-corrected chi connectivity index (χ3v) is 6.63. The summed E-state index contributed by atoms with van der Waals surface area (Å²) < 4.78 is 2.64. The smallest absolute Gasteiger partial charge is 0.249 e. The average Bonchev–Trinajstić information content (AvgIpc) is 2.91. The van der Waals surface area contributed by atoms with Crippen LogP contribution < -0.4 is 4.80 Å². The van der Waals surface area contributed by atoms with Crippen molar-refractivity contribution in [2.45, 2.75) is 11.3 Å². The van der Waals surface area contributed by atoms with Gasteiger partial charge < -0.3 is 4.57 Å². The van der Waals surface area contributed by atoms with E-state index in [2.05, 4.69) is 4.99 Å². The van der Waals surface area contributed by atoms with E-state index < -0.39 is 0 Å². The Bertz CT molecular complexity index is 994. The Morgan fingerprint density at radius 3 is 2.48 bits per heavy atom. The van der Waals surface area contributed by atoms with E-state index >= 15 is 0 Å². The summed E-state index contributed by atoms with van der Waals surface area (Å²) in [7, 11) is 1.83. The highest BCUT2D eigenvalue weighted by molar-refractivity contribution is 7.99. The number of fused-ring (bicyclic) bond motifs is 1. The maximum atomic E-state index is 12.2. The Morgan fingerprint density at radius 2 is 1.80 bits per heavy atom. The molecule has 0 saturated heterocycles. The highest BCUT2D eigenvalue weighted by Gasteiger charge is 2.11. The molecule has 0 fully saturated rings. The first-order valence-electron chi connectivity index (χ1n) is 7.35. The van der Waals surface area contributed by atoms with Crippen molar-refractivity contribution in [3.8, 4) is 0 Å². The van der Waals surface area contributed by atoms with Crippen molar-refractivity contribution in [1.82, 2.24) is 4.57 Å². The molecule has 0 saturated carbocycles. The van der Waals surface area contributed by atoms with Crippen LogP contribution in [0.3, 0.4) is 0 Å². The predicted octanol–water partition coefficient (Wildman–Crippen LogP) is 5.81. The molecule has 3 nitrogen and oxygen atoms in total. The van der Waals surface area contributed by atoms with E-state index in [0.29, 0.717) is 32.0 Å². The van der Waals surface area contributed by atoms with Gasteiger partial charge in [0.05, 0.1) is 20.3 Å². The molecule has 0 aliphatic rings. The van der Waals surface area contributed by atoms with Crippen molar-refractivity contribution < 1.29 is 4.79 Å². The molecule has 0 radical (unpaired) electrons.